The second-order valence-corrected chi connectivity index (χ2v) is 10.2. The molecule has 6 heteroatoms. The Morgan fingerprint density at radius 1 is 1.28 bits per heavy atom. The summed E-state index contributed by atoms with van der Waals surface area (Å²) in [6, 6.07) is 1.34. The molecule has 1 fully saturated rings. The third kappa shape index (κ3) is 3.27. The Balaban J connectivity index is 1.76. The first-order valence-corrected chi connectivity index (χ1v) is 11.3. The van der Waals surface area contributed by atoms with E-state index in [-0.39, 0.29) is 40.4 Å². The predicted octanol–water partition coefficient (Wildman–Crippen LogP) is 4.48. The fourth-order valence-corrected chi connectivity index (χ4v) is 5.95. The molecule has 3 aliphatic rings. The van der Waals surface area contributed by atoms with Gasteiger partial charge in [-0.05, 0) is 49.5 Å². The molecule has 0 bridgehead atoms. The van der Waals surface area contributed by atoms with Crippen LogP contribution in [0.5, 0.6) is 11.5 Å². The van der Waals surface area contributed by atoms with Crippen molar-refractivity contribution >= 4 is 11.6 Å². The molecular weight excluding hydrogens is 408 g/mol. The number of aliphatic hydroxyl groups is 1. The maximum Gasteiger partial charge on any atom is 0.228 e. The van der Waals surface area contributed by atoms with Gasteiger partial charge in [0.1, 0.15) is 17.6 Å². The molecule has 32 heavy (non-hydrogen) atoms. The van der Waals surface area contributed by atoms with Gasteiger partial charge < -0.3 is 19.7 Å². The molecule has 3 atom stereocenters. The summed E-state index contributed by atoms with van der Waals surface area (Å²) in [4.78, 5) is 25.6. The lowest BCUT2D eigenvalue weighted by atomic mass is 9.63. The van der Waals surface area contributed by atoms with Crippen molar-refractivity contribution in [2.24, 2.45) is 11.3 Å². The smallest absolute Gasteiger partial charge is 0.228 e. The Morgan fingerprint density at radius 2 is 2.00 bits per heavy atom. The van der Waals surface area contributed by atoms with Gasteiger partial charge in [-0.1, -0.05) is 32.9 Å². The van der Waals surface area contributed by atoms with E-state index in [4.69, 9.17) is 9.47 Å². The number of phenols is 1. The van der Waals surface area contributed by atoms with E-state index < -0.39 is 23.1 Å². The Morgan fingerprint density at radius 3 is 2.62 bits per heavy atom. The van der Waals surface area contributed by atoms with Gasteiger partial charge in [-0.15, -0.1) is 0 Å². The first-order chi connectivity index (χ1) is 15.0. The van der Waals surface area contributed by atoms with Gasteiger partial charge in [-0.25, -0.2) is 0 Å². The summed E-state index contributed by atoms with van der Waals surface area (Å²) in [5, 5.41) is 21.1. The third-order valence-corrected chi connectivity index (χ3v) is 7.87. The highest BCUT2D eigenvalue weighted by Crippen LogP contribution is 2.55. The van der Waals surface area contributed by atoms with Gasteiger partial charge in [-0.3, -0.25) is 9.59 Å². The van der Waals surface area contributed by atoms with Crippen LogP contribution >= 0.6 is 0 Å². The van der Waals surface area contributed by atoms with Gasteiger partial charge in [0, 0.05) is 22.6 Å². The molecule has 6 nitrogen and oxygen atoms in total. The van der Waals surface area contributed by atoms with Crippen LogP contribution in [0.15, 0.2) is 30.1 Å². The standard InChI is InChI=1S/C26H32O6/c1-14-7-6-9-25(2,3)16(14)8-10-26(4)20(13-27)32-24-21-15(11-18(29)22(24)26)23(30)19(31-5)12-17(21)28/h11-12,16,20,27,29H,1,6-10,13H2,2-5H3/t16-,20-,26+/m1/s1. The van der Waals surface area contributed by atoms with Crippen molar-refractivity contribution < 1.29 is 29.3 Å². The van der Waals surface area contributed by atoms with E-state index in [9.17, 15) is 19.8 Å². The topological polar surface area (TPSA) is 93.1 Å². The van der Waals surface area contributed by atoms with Crippen LogP contribution in [0.25, 0.3) is 0 Å². The molecule has 0 unspecified atom stereocenters. The zero-order valence-electron chi connectivity index (χ0n) is 19.3. The SMILES string of the molecule is C=C1CCCC(C)(C)[C@@H]1CC[C@]1(C)c2c(O)cc3c(c2O[C@@H]1CO)C(=O)C=C(OC)C3=O. The van der Waals surface area contributed by atoms with Crippen molar-refractivity contribution in [3.05, 3.63) is 46.7 Å². The van der Waals surface area contributed by atoms with Crippen LogP contribution in [-0.2, 0) is 10.2 Å². The number of allylic oxidation sites excluding steroid dienone is 3. The lowest BCUT2D eigenvalue weighted by molar-refractivity contribution is 0.0685. The van der Waals surface area contributed by atoms with E-state index in [2.05, 4.69) is 20.4 Å². The molecule has 1 aliphatic heterocycles. The highest BCUT2D eigenvalue weighted by Gasteiger charge is 2.50. The Kier molecular flexibility index (Phi) is 5.48. The van der Waals surface area contributed by atoms with Crippen LogP contribution in [-0.4, -0.2) is 41.6 Å². The normalized spacial score (nSPS) is 28.7. The zero-order chi connectivity index (χ0) is 23.4. The van der Waals surface area contributed by atoms with E-state index in [1.165, 1.54) is 18.7 Å². The lowest BCUT2D eigenvalue weighted by Gasteiger charge is -2.42. The molecule has 1 heterocycles. The number of rotatable bonds is 5. The number of hydrogen-bond acceptors (Lipinski definition) is 6. The Labute approximate surface area is 188 Å². The molecule has 1 aromatic carbocycles. The number of carbonyl (C=O) groups excluding carboxylic acids is 2. The number of aromatic hydroxyl groups is 1. The summed E-state index contributed by atoms with van der Waals surface area (Å²) in [6.45, 7) is 10.5. The fourth-order valence-electron chi connectivity index (χ4n) is 5.95. The van der Waals surface area contributed by atoms with Gasteiger partial charge in [-0.2, -0.15) is 0 Å². The summed E-state index contributed by atoms with van der Waals surface area (Å²) in [7, 11) is 1.32. The summed E-state index contributed by atoms with van der Waals surface area (Å²) in [6.07, 6.45) is 5.29. The van der Waals surface area contributed by atoms with E-state index in [0.29, 0.717) is 17.9 Å². The number of methoxy groups -OCH3 is 1. The molecule has 0 amide bonds. The number of Topliss-reactive ketones (excluding diaryl/α,β-unsaturated/α-hetero) is 1. The number of ketones is 2. The van der Waals surface area contributed by atoms with Crippen LogP contribution in [0.2, 0.25) is 0 Å². The molecule has 2 N–H and O–H groups in total. The second kappa shape index (κ2) is 7.77. The van der Waals surface area contributed by atoms with Crippen LogP contribution in [0.3, 0.4) is 0 Å². The van der Waals surface area contributed by atoms with Crippen LogP contribution in [0.4, 0.5) is 0 Å². The minimum Gasteiger partial charge on any atom is -0.507 e. The van der Waals surface area contributed by atoms with Crippen molar-refractivity contribution in [3.63, 3.8) is 0 Å². The number of carbonyl (C=O) groups is 2. The molecule has 0 spiro atoms. The Bertz CT molecular complexity index is 1030. The first kappa shape index (κ1) is 22.6. The molecule has 0 aromatic heterocycles. The predicted molar refractivity (Wildman–Crippen MR) is 120 cm³/mol. The summed E-state index contributed by atoms with van der Waals surface area (Å²) in [5.41, 5.74) is 1.35. The first-order valence-electron chi connectivity index (χ1n) is 11.3. The van der Waals surface area contributed by atoms with Gasteiger partial charge in [0.05, 0.1) is 19.3 Å². The third-order valence-electron chi connectivity index (χ3n) is 7.87. The zero-order valence-corrected chi connectivity index (χ0v) is 19.3. The lowest BCUT2D eigenvalue weighted by Crippen LogP contribution is -2.40. The largest absolute Gasteiger partial charge is 0.507 e. The minimum absolute atomic E-state index is 0.0633. The monoisotopic (exact) mass is 440 g/mol. The molecule has 2 aliphatic carbocycles. The van der Waals surface area contributed by atoms with Crippen molar-refractivity contribution in [2.45, 2.75) is 64.4 Å². The van der Waals surface area contributed by atoms with Crippen molar-refractivity contribution in [1.29, 1.82) is 0 Å². The van der Waals surface area contributed by atoms with Crippen LogP contribution in [0.1, 0.15) is 79.2 Å². The van der Waals surface area contributed by atoms with Gasteiger partial charge in [0.15, 0.2) is 11.5 Å². The van der Waals surface area contributed by atoms with E-state index in [0.717, 1.165) is 31.8 Å². The number of benzene rings is 1. The summed E-state index contributed by atoms with van der Waals surface area (Å²) < 4.78 is 11.1. The van der Waals surface area contributed by atoms with Crippen molar-refractivity contribution in [3.8, 4) is 11.5 Å². The molecule has 1 saturated carbocycles. The average molecular weight is 441 g/mol. The number of fused-ring (bicyclic) bond motifs is 3. The molecule has 4 rings (SSSR count). The van der Waals surface area contributed by atoms with Gasteiger partial charge in [0.25, 0.3) is 0 Å². The van der Waals surface area contributed by atoms with Crippen LogP contribution in [0, 0.1) is 11.3 Å². The molecule has 172 valence electrons. The highest BCUT2D eigenvalue weighted by atomic mass is 16.5. The molecule has 0 saturated heterocycles. The van der Waals surface area contributed by atoms with E-state index in [1.54, 1.807) is 0 Å². The maximum absolute atomic E-state index is 12.9. The number of hydrogen-bond donors (Lipinski definition) is 2. The molecule has 0 radical (unpaired) electrons. The minimum atomic E-state index is -0.717. The Hall–Kier alpha value is -2.60. The number of ether oxygens (including phenoxy) is 2. The van der Waals surface area contributed by atoms with E-state index >= 15 is 0 Å². The number of phenolic OH excluding ortho intramolecular Hbond substituents is 1. The van der Waals surface area contributed by atoms with Gasteiger partial charge in [0.2, 0.25) is 5.78 Å². The van der Waals surface area contributed by atoms with E-state index in [1.807, 2.05) is 6.92 Å². The summed E-state index contributed by atoms with van der Waals surface area (Å²) >= 11 is 0. The maximum atomic E-state index is 12.9. The second-order valence-electron chi connectivity index (χ2n) is 10.2. The highest BCUT2D eigenvalue weighted by molar-refractivity contribution is 6.25. The summed E-state index contributed by atoms with van der Waals surface area (Å²) in [5.74, 6) is -0.523. The fraction of sp³-hybridized carbons (Fsp3) is 0.538. The average Bonchev–Trinajstić information content (AvgIpc) is 3.02. The van der Waals surface area contributed by atoms with Crippen molar-refractivity contribution in [2.75, 3.05) is 13.7 Å². The number of aliphatic hydroxyl groups excluding tert-OH is 1. The molecular formula is C26H32O6. The molecule has 1 aromatic rings. The van der Waals surface area contributed by atoms with Gasteiger partial charge >= 0.3 is 0 Å². The van der Waals surface area contributed by atoms with Crippen LogP contribution < -0.4 is 4.74 Å². The quantitative estimate of drug-likeness (QED) is 0.656. The van der Waals surface area contributed by atoms with Crippen molar-refractivity contribution in [1.82, 2.24) is 0 Å².